The molecule has 0 bridgehead atoms. The number of para-hydroxylation sites is 2. The molecule has 0 saturated carbocycles. The first kappa shape index (κ1) is 20.9. The fraction of sp³-hybridized carbons (Fsp3) is 0.300. The normalized spacial score (nSPS) is 18.7. The molecule has 10 nitrogen and oxygen atoms in total. The molecule has 2 amide bonds. The summed E-state index contributed by atoms with van der Waals surface area (Å²) in [7, 11) is 0. The van der Waals surface area contributed by atoms with Crippen LogP contribution < -0.4 is 0 Å². The summed E-state index contributed by atoms with van der Waals surface area (Å²) in [6, 6.07) is 10.6. The molecule has 0 aromatic heterocycles. The molecule has 30 heavy (non-hydrogen) atoms. The lowest BCUT2D eigenvalue weighted by Gasteiger charge is -2.44. The highest BCUT2D eigenvalue weighted by Crippen LogP contribution is 2.26. The molecule has 0 N–H and O–H groups in total. The van der Waals surface area contributed by atoms with E-state index >= 15 is 0 Å². The Morgan fingerprint density at radius 2 is 1.10 bits per heavy atom. The molecule has 156 valence electrons. The predicted octanol–water partition coefficient (Wildman–Crippen LogP) is 2.88. The second-order valence-corrected chi connectivity index (χ2v) is 7.16. The highest BCUT2D eigenvalue weighted by atomic mass is 16.6. The molecule has 1 aliphatic rings. The van der Waals surface area contributed by atoms with Crippen LogP contribution in [0.25, 0.3) is 0 Å². The average molecular weight is 412 g/mol. The Morgan fingerprint density at radius 3 is 1.43 bits per heavy atom. The Labute approximate surface area is 172 Å². The molecule has 2 unspecified atom stereocenters. The van der Waals surface area contributed by atoms with Crippen LogP contribution in [0.2, 0.25) is 0 Å². The molecule has 2 aromatic carbocycles. The lowest BCUT2D eigenvalue weighted by Crippen LogP contribution is -2.59. The minimum absolute atomic E-state index is 0.0139. The van der Waals surface area contributed by atoms with Gasteiger partial charge in [0.2, 0.25) is 0 Å². The van der Waals surface area contributed by atoms with E-state index in [0.717, 1.165) is 0 Å². The van der Waals surface area contributed by atoms with Crippen LogP contribution in [0.1, 0.15) is 34.6 Å². The number of piperazine rings is 1. The van der Waals surface area contributed by atoms with Gasteiger partial charge in [-0.1, -0.05) is 24.3 Å². The fourth-order valence-electron chi connectivity index (χ4n) is 3.63. The molecule has 10 heteroatoms. The minimum atomic E-state index is -0.602. The first-order valence-electron chi connectivity index (χ1n) is 9.31. The van der Waals surface area contributed by atoms with E-state index in [2.05, 4.69) is 0 Å². The van der Waals surface area contributed by atoms with Crippen LogP contribution >= 0.6 is 0 Å². The summed E-state index contributed by atoms with van der Waals surface area (Å²) < 4.78 is 0. The van der Waals surface area contributed by atoms with Crippen LogP contribution in [0.4, 0.5) is 11.4 Å². The molecule has 2 aromatic rings. The van der Waals surface area contributed by atoms with E-state index in [1.54, 1.807) is 26.0 Å². The Bertz CT molecular complexity index is 942. The molecule has 1 heterocycles. The Morgan fingerprint density at radius 1 is 0.767 bits per heavy atom. The molecule has 2 atom stereocenters. The van der Waals surface area contributed by atoms with E-state index < -0.39 is 33.7 Å². The third-order valence-electron chi connectivity index (χ3n) is 5.17. The molecule has 1 saturated heterocycles. The van der Waals surface area contributed by atoms with Crippen molar-refractivity contribution in [3.63, 3.8) is 0 Å². The zero-order valence-corrected chi connectivity index (χ0v) is 16.4. The summed E-state index contributed by atoms with van der Waals surface area (Å²) in [6.45, 7) is 3.77. The van der Waals surface area contributed by atoms with Gasteiger partial charge in [0.1, 0.15) is 11.1 Å². The maximum Gasteiger partial charge on any atom is 0.282 e. The van der Waals surface area contributed by atoms with Crippen molar-refractivity contribution in [1.29, 1.82) is 0 Å². The van der Waals surface area contributed by atoms with Gasteiger partial charge in [0, 0.05) is 37.3 Å². The molecule has 1 fully saturated rings. The molecule has 0 spiro atoms. The largest absolute Gasteiger partial charge is 0.332 e. The second-order valence-electron chi connectivity index (χ2n) is 7.16. The van der Waals surface area contributed by atoms with Crippen LogP contribution in [-0.4, -0.2) is 56.6 Å². The van der Waals surface area contributed by atoms with Gasteiger partial charge in [-0.05, 0) is 26.0 Å². The molecular formula is C20H20N4O6. The summed E-state index contributed by atoms with van der Waals surface area (Å²) in [4.78, 5) is 50.3. The lowest BCUT2D eigenvalue weighted by atomic mass is 10.0. The van der Waals surface area contributed by atoms with Crippen LogP contribution in [0, 0.1) is 20.2 Å². The number of nitrogens with zero attached hydrogens (tertiary/aromatic N) is 4. The van der Waals surface area contributed by atoms with Gasteiger partial charge >= 0.3 is 0 Å². The molecule has 3 rings (SSSR count). The highest BCUT2D eigenvalue weighted by Gasteiger charge is 2.38. The smallest absolute Gasteiger partial charge is 0.282 e. The lowest BCUT2D eigenvalue weighted by molar-refractivity contribution is -0.385. The number of carbonyl (C=O) groups excluding carboxylic acids is 2. The third-order valence-corrected chi connectivity index (χ3v) is 5.17. The van der Waals surface area contributed by atoms with Crippen LogP contribution in [0.5, 0.6) is 0 Å². The molecule has 0 radical (unpaired) electrons. The van der Waals surface area contributed by atoms with Crippen molar-refractivity contribution in [2.45, 2.75) is 25.9 Å². The van der Waals surface area contributed by atoms with Crippen molar-refractivity contribution in [3.8, 4) is 0 Å². The average Bonchev–Trinajstić information content (AvgIpc) is 2.74. The number of amides is 2. The van der Waals surface area contributed by atoms with Crippen molar-refractivity contribution >= 4 is 23.2 Å². The van der Waals surface area contributed by atoms with Crippen molar-refractivity contribution < 1.29 is 19.4 Å². The van der Waals surface area contributed by atoms with Gasteiger partial charge in [-0.25, -0.2) is 0 Å². The predicted molar refractivity (Wildman–Crippen MR) is 107 cm³/mol. The van der Waals surface area contributed by atoms with Gasteiger partial charge in [0.05, 0.1) is 9.85 Å². The van der Waals surface area contributed by atoms with E-state index in [-0.39, 0.29) is 35.6 Å². The van der Waals surface area contributed by atoms with Crippen molar-refractivity contribution in [3.05, 3.63) is 79.9 Å². The van der Waals surface area contributed by atoms with Crippen LogP contribution in [0.15, 0.2) is 48.5 Å². The number of rotatable bonds is 4. The Hall–Kier alpha value is -3.82. The number of hydrogen-bond acceptors (Lipinski definition) is 6. The van der Waals surface area contributed by atoms with E-state index in [4.69, 9.17) is 0 Å². The quantitative estimate of drug-likeness (QED) is 0.561. The van der Waals surface area contributed by atoms with Gasteiger partial charge < -0.3 is 9.80 Å². The first-order valence-corrected chi connectivity index (χ1v) is 9.31. The fourth-order valence-corrected chi connectivity index (χ4v) is 3.63. The maximum absolute atomic E-state index is 13.0. The van der Waals surface area contributed by atoms with E-state index in [9.17, 15) is 29.8 Å². The Kier molecular flexibility index (Phi) is 5.77. The van der Waals surface area contributed by atoms with Gasteiger partial charge in [-0.2, -0.15) is 0 Å². The topological polar surface area (TPSA) is 127 Å². The number of nitro groups is 2. The number of carbonyl (C=O) groups is 2. The minimum Gasteiger partial charge on any atom is -0.332 e. The summed E-state index contributed by atoms with van der Waals surface area (Å²) >= 11 is 0. The van der Waals surface area contributed by atoms with Gasteiger partial charge in [0.15, 0.2) is 0 Å². The molecular weight excluding hydrogens is 392 g/mol. The summed E-state index contributed by atoms with van der Waals surface area (Å²) in [6.07, 6.45) is 0. The van der Waals surface area contributed by atoms with Crippen molar-refractivity contribution in [1.82, 2.24) is 9.80 Å². The van der Waals surface area contributed by atoms with Crippen LogP contribution in [-0.2, 0) is 0 Å². The number of benzene rings is 2. The molecule has 1 aliphatic heterocycles. The monoisotopic (exact) mass is 412 g/mol. The van der Waals surface area contributed by atoms with Gasteiger partial charge in [-0.3, -0.25) is 29.8 Å². The number of nitro benzene ring substituents is 2. The zero-order chi connectivity index (χ0) is 22.0. The summed E-state index contributed by atoms with van der Waals surface area (Å²) in [5, 5.41) is 22.5. The van der Waals surface area contributed by atoms with Crippen molar-refractivity contribution in [2.24, 2.45) is 0 Å². The van der Waals surface area contributed by atoms with Gasteiger partial charge in [-0.15, -0.1) is 0 Å². The number of hydrogen-bond donors (Lipinski definition) is 0. The zero-order valence-electron chi connectivity index (χ0n) is 16.4. The van der Waals surface area contributed by atoms with E-state index in [1.807, 2.05) is 0 Å². The van der Waals surface area contributed by atoms with E-state index in [1.165, 1.54) is 46.2 Å². The van der Waals surface area contributed by atoms with Gasteiger partial charge in [0.25, 0.3) is 23.2 Å². The first-order chi connectivity index (χ1) is 14.2. The van der Waals surface area contributed by atoms with Crippen LogP contribution in [0.3, 0.4) is 0 Å². The summed E-state index contributed by atoms with van der Waals surface area (Å²) in [5.74, 6) is -0.973. The van der Waals surface area contributed by atoms with E-state index in [0.29, 0.717) is 0 Å². The van der Waals surface area contributed by atoms with Crippen molar-refractivity contribution in [2.75, 3.05) is 13.1 Å². The SMILES string of the molecule is CC1CN(C(=O)c2ccccc2[N+](=O)[O-])C(C)CN1C(=O)c1ccccc1[N+](=O)[O-]. The highest BCUT2D eigenvalue weighted by molar-refractivity contribution is 6.00. The third kappa shape index (κ3) is 3.84. The standard InChI is InChI=1S/C20H20N4O6/c1-13-11-22(20(26)16-8-4-6-10-18(16)24(29)30)14(2)12-21(13)19(25)15-7-3-5-9-17(15)23(27)28/h3-10,13-14H,11-12H2,1-2H3. The summed E-state index contributed by atoms with van der Waals surface area (Å²) in [5.41, 5.74) is -0.582. The second kappa shape index (κ2) is 8.27. The Balaban J connectivity index is 1.84. The maximum atomic E-state index is 13.0. The molecule has 0 aliphatic carbocycles.